The molecule has 4 nitrogen and oxygen atoms in total. The molecule has 0 bridgehead atoms. The zero-order valence-corrected chi connectivity index (χ0v) is 10.00. The van der Waals surface area contributed by atoms with Gasteiger partial charge in [0.05, 0.1) is 16.7 Å². The molecule has 0 radical (unpaired) electrons. The molecule has 0 atom stereocenters. The smallest absolute Gasteiger partial charge is 0.254 e. The zero-order chi connectivity index (χ0) is 12.3. The van der Waals surface area contributed by atoms with Crippen LogP contribution in [0.3, 0.4) is 0 Å². The van der Waals surface area contributed by atoms with E-state index in [4.69, 9.17) is 11.6 Å². The number of hydrogen-bond acceptors (Lipinski definition) is 3. The van der Waals surface area contributed by atoms with Gasteiger partial charge >= 0.3 is 0 Å². The molecule has 17 heavy (non-hydrogen) atoms. The molecular formula is C12H12ClN3O. The summed E-state index contributed by atoms with van der Waals surface area (Å²) in [6.45, 7) is 0. The van der Waals surface area contributed by atoms with Crippen LogP contribution in [-0.2, 0) is 0 Å². The van der Waals surface area contributed by atoms with Gasteiger partial charge in [-0.1, -0.05) is 11.6 Å². The number of nitrogens with one attached hydrogen (secondary N) is 1. The lowest BCUT2D eigenvalue weighted by molar-refractivity contribution is 0.0920. The maximum Gasteiger partial charge on any atom is 0.254 e. The average Bonchev–Trinajstić information content (AvgIpc) is 2.79. The molecule has 0 unspecified atom stereocenters. The maximum absolute atomic E-state index is 12.0. The Kier molecular flexibility index (Phi) is 3.30. The minimum absolute atomic E-state index is 0.302. The maximum atomic E-state index is 12.0. The van der Waals surface area contributed by atoms with E-state index in [2.05, 4.69) is 16.4 Å². The van der Waals surface area contributed by atoms with E-state index in [-0.39, 0.29) is 5.91 Å². The highest BCUT2D eigenvalue weighted by Gasteiger charge is 2.35. The molecule has 1 saturated carbocycles. The van der Waals surface area contributed by atoms with E-state index < -0.39 is 5.54 Å². The van der Waals surface area contributed by atoms with Gasteiger partial charge in [0, 0.05) is 12.4 Å². The van der Waals surface area contributed by atoms with Crippen molar-refractivity contribution >= 4 is 17.5 Å². The number of pyridine rings is 1. The first-order valence-corrected chi connectivity index (χ1v) is 5.88. The van der Waals surface area contributed by atoms with Gasteiger partial charge in [-0.05, 0) is 31.7 Å². The van der Waals surface area contributed by atoms with Gasteiger partial charge in [-0.25, -0.2) is 0 Å². The summed E-state index contributed by atoms with van der Waals surface area (Å²) in [5.41, 5.74) is -0.355. The van der Waals surface area contributed by atoms with Gasteiger partial charge in [-0.2, -0.15) is 5.26 Å². The molecule has 1 heterocycles. The molecule has 0 saturated heterocycles. The van der Waals surface area contributed by atoms with Gasteiger partial charge in [-0.3, -0.25) is 9.78 Å². The van der Waals surface area contributed by atoms with Crippen LogP contribution in [0.2, 0.25) is 5.02 Å². The van der Waals surface area contributed by atoms with Crippen molar-refractivity contribution in [2.45, 2.75) is 31.2 Å². The number of amides is 1. The molecule has 88 valence electrons. The highest BCUT2D eigenvalue weighted by molar-refractivity contribution is 6.33. The Labute approximate surface area is 105 Å². The van der Waals surface area contributed by atoms with Gasteiger partial charge in [0.1, 0.15) is 5.54 Å². The number of carbonyl (C=O) groups excluding carboxylic acids is 1. The Morgan fingerprint density at radius 2 is 2.24 bits per heavy atom. The molecule has 1 fully saturated rings. The summed E-state index contributed by atoms with van der Waals surface area (Å²) in [6, 6.07) is 3.76. The number of nitriles is 1. The van der Waals surface area contributed by atoms with Crippen molar-refractivity contribution in [2.24, 2.45) is 0 Å². The van der Waals surface area contributed by atoms with Gasteiger partial charge in [0.15, 0.2) is 0 Å². The molecule has 5 heteroatoms. The van der Waals surface area contributed by atoms with Crippen LogP contribution in [0.5, 0.6) is 0 Å². The number of halogens is 1. The summed E-state index contributed by atoms with van der Waals surface area (Å²) >= 11 is 5.89. The molecule has 0 aromatic carbocycles. The highest BCUT2D eigenvalue weighted by Crippen LogP contribution is 2.29. The van der Waals surface area contributed by atoms with Crippen LogP contribution < -0.4 is 5.32 Å². The van der Waals surface area contributed by atoms with Gasteiger partial charge < -0.3 is 5.32 Å². The monoisotopic (exact) mass is 249 g/mol. The van der Waals surface area contributed by atoms with Crippen LogP contribution >= 0.6 is 11.6 Å². The second-order valence-corrected chi connectivity index (χ2v) is 4.62. The predicted molar refractivity (Wildman–Crippen MR) is 63.5 cm³/mol. The predicted octanol–water partition coefficient (Wildman–Crippen LogP) is 2.30. The molecule has 1 aliphatic rings. The minimum atomic E-state index is -0.719. The van der Waals surface area contributed by atoms with Gasteiger partial charge in [-0.15, -0.1) is 0 Å². The largest absolute Gasteiger partial charge is 0.334 e. The SMILES string of the molecule is N#CC1(NC(=O)c2ccncc2Cl)CCCC1. The third-order valence-electron chi connectivity index (χ3n) is 3.04. The fraction of sp³-hybridized carbons (Fsp3) is 0.417. The van der Waals surface area contributed by atoms with E-state index in [1.807, 2.05) is 0 Å². The van der Waals surface area contributed by atoms with Crippen LogP contribution in [-0.4, -0.2) is 16.4 Å². The molecule has 1 amide bonds. The standard InChI is InChI=1S/C12H12ClN3O/c13-10-7-15-6-3-9(10)11(17)16-12(8-14)4-1-2-5-12/h3,6-7H,1-2,4-5H2,(H,16,17). The van der Waals surface area contributed by atoms with Crippen molar-refractivity contribution < 1.29 is 4.79 Å². The lowest BCUT2D eigenvalue weighted by Crippen LogP contribution is -2.45. The van der Waals surface area contributed by atoms with Crippen molar-refractivity contribution in [1.82, 2.24) is 10.3 Å². The zero-order valence-electron chi connectivity index (χ0n) is 9.24. The first kappa shape index (κ1) is 11.9. The lowest BCUT2D eigenvalue weighted by Gasteiger charge is -2.22. The molecule has 1 aromatic rings. The summed E-state index contributed by atoms with van der Waals surface area (Å²) in [5, 5.41) is 12.3. The summed E-state index contributed by atoms with van der Waals surface area (Å²) in [4.78, 5) is 15.8. The van der Waals surface area contributed by atoms with Crippen LogP contribution in [0.1, 0.15) is 36.0 Å². The third kappa shape index (κ3) is 2.40. The van der Waals surface area contributed by atoms with Crippen molar-refractivity contribution in [3.05, 3.63) is 29.0 Å². The minimum Gasteiger partial charge on any atom is -0.334 e. The first-order valence-electron chi connectivity index (χ1n) is 5.50. The number of nitrogens with zero attached hydrogens (tertiary/aromatic N) is 2. The van der Waals surface area contributed by atoms with Crippen LogP contribution in [0, 0.1) is 11.3 Å². The third-order valence-corrected chi connectivity index (χ3v) is 3.34. The number of aromatic nitrogens is 1. The number of carbonyl (C=O) groups is 1. The summed E-state index contributed by atoms with van der Waals surface area (Å²) in [6.07, 6.45) is 6.28. The molecule has 2 rings (SSSR count). The average molecular weight is 250 g/mol. The van der Waals surface area contributed by atoms with Crippen molar-refractivity contribution in [2.75, 3.05) is 0 Å². The lowest BCUT2D eigenvalue weighted by atomic mass is 9.99. The Morgan fingerprint density at radius 3 is 2.82 bits per heavy atom. The first-order chi connectivity index (χ1) is 8.17. The highest BCUT2D eigenvalue weighted by atomic mass is 35.5. The van der Waals surface area contributed by atoms with Crippen LogP contribution in [0.25, 0.3) is 0 Å². The summed E-state index contributed by atoms with van der Waals surface area (Å²) in [5.74, 6) is -0.305. The van der Waals surface area contributed by atoms with Gasteiger partial charge in [0.2, 0.25) is 0 Å². The van der Waals surface area contributed by atoms with Gasteiger partial charge in [0.25, 0.3) is 5.91 Å². The molecule has 1 N–H and O–H groups in total. The number of rotatable bonds is 2. The van der Waals surface area contributed by atoms with E-state index in [0.29, 0.717) is 23.4 Å². The Bertz CT molecular complexity index is 475. The van der Waals surface area contributed by atoms with E-state index in [1.54, 1.807) is 6.07 Å². The van der Waals surface area contributed by atoms with Crippen molar-refractivity contribution in [1.29, 1.82) is 5.26 Å². The molecule has 1 aliphatic carbocycles. The van der Waals surface area contributed by atoms with Crippen LogP contribution in [0.15, 0.2) is 18.5 Å². The van der Waals surface area contributed by atoms with Crippen LogP contribution in [0.4, 0.5) is 0 Å². The van der Waals surface area contributed by atoms with E-state index >= 15 is 0 Å². The summed E-state index contributed by atoms with van der Waals surface area (Å²) in [7, 11) is 0. The Hall–Kier alpha value is -1.60. The fourth-order valence-corrected chi connectivity index (χ4v) is 2.29. The second kappa shape index (κ2) is 4.72. The quantitative estimate of drug-likeness (QED) is 0.875. The fourth-order valence-electron chi connectivity index (χ4n) is 2.09. The Morgan fingerprint density at radius 1 is 1.53 bits per heavy atom. The topological polar surface area (TPSA) is 65.8 Å². The van der Waals surface area contributed by atoms with E-state index in [9.17, 15) is 10.1 Å². The van der Waals surface area contributed by atoms with Crippen molar-refractivity contribution in [3.8, 4) is 6.07 Å². The van der Waals surface area contributed by atoms with E-state index in [1.165, 1.54) is 12.4 Å². The summed E-state index contributed by atoms with van der Waals surface area (Å²) < 4.78 is 0. The normalized spacial score (nSPS) is 17.4. The molecule has 1 aromatic heterocycles. The molecule has 0 spiro atoms. The van der Waals surface area contributed by atoms with E-state index in [0.717, 1.165) is 12.8 Å². The van der Waals surface area contributed by atoms with Crippen molar-refractivity contribution in [3.63, 3.8) is 0 Å². The second-order valence-electron chi connectivity index (χ2n) is 4.21. The molecule has 0 aliphatic heterocycles. The number of hydrogen-bond donors (Lipinski definition) is 1. The molecular weight excluding hydrogens is 238 g/mol. The Balaban J connectivity index is 2.17.